The number of carbonyl (C=O) groups excluding carboxylic acids is 1. The summed E-state index contributed by atoms with van der Waals surface area (Å²) in [6.07, 6.45) is 3.04. The van der Waals surface area contributed by atoms with E-state index in [1.807, 2.05) is 18.2 Å². The Bertz CT molecular complexity index is 387. The van der Waals surface area contributed by atoms with Gasteiger partial charge in [-0.25, -0.2) is 9.79 Å². The van der Waals surface area contributed by atoms with E-state index >= 15 is 0 Å². The van der Waals surface area contributed by atoms with E-state index in [4.69, 9.17) is 5.26 Å². The molecule has 0 aromatic heterocycles. The zero-order valence-electron chi connectivity index (χ0n) is 7.73. The van der Waals surface area contributed by atoms with Gasteiger partial charge in [0.15, 0.2) is 0 Å². The molecule has 0 spiro atoms. The molecule has 0 N–H and O–H groups in total. The molecule has 0 heterocycles. The summed E-state index contributed by atoms with van der Waals surface area (Å²) in [5.41, 5.74) is 1.71. The monoisotopic (exact) mass is 186 g/mol. The smallest absolute Gasteiger partial charge is 0.211 e. The van der Waals surface area contributed by atoms with Crippen LogP contribution in [0.1, 0.15) is 17.5 Å². The van der Waals surface area contributed by atoms with Crippen LogP contribution in [-0.2, 0) is 11.2 Å². The molecule has 0 aliphatic rings. The molecule has 0 atom stereocenters. The topological polar surface area (TPSA) is 53.2 Å². The molecule has 0 radical (unpaired) electrons. The van der Waals surface area contributed by atoms with Crippen LogP contribution in [0, 0.1) is 11.3 Å². The van der Waals surface area contributed by atoms with Crippen molar-refractivity contribution in [3.63, 3.8) is 0 Å². The Labute approximate surface area is 82.7 Å². The van der Waals surface area contributed by atoms with Gasteiger partial charge in [0.2, 0.25) is 6.08 Å². The van der Waals surface area contributed by atoms with Crippen molar-refractivity contribution >= 4 is 6.08 Å². The lowest BCUT2D eigenvalue weighted by Crippen LogP contribution is -1.91. The van der Waals surface area contributed by atoms with Crippen LogP contribution in [0.2, 0.25) is 0 Å². The number of nitriles is 1. The molecule has 3 heteroatoms. The predicted molar refractivity (Wildman–Crippen MR) is 52.5 cm³/mol. The predicted octanol–water partition coefficient (Wildman–Crippen LogP) is 1.83. The fourth-order valence-corrected chi connectivity index (χ4v) is 1.24. The lowest BCUT2D eigenvalue weighted by Gasteiger charge is -2.00. The Morgan fingerprint density at radius 1 is 1.36 bits per heavy atom. The molecule has 1 aromatic rings. The largest absolute Gasteiger partial charge is 0.234 e. The van der Waals surface area contributed by atoms with Crippen LogP contribution in [0.15, 0.2) is 29.3 Å². The molecule has 3 nitrogen and oxygen atoms in total. The third kappa shape index (κ3) is 2.85. The first-order valence-electron chi connectivity index (χ1n) is 4.40. The number of nitrogens with zero attached hydrogens (tertiary/aromatic N) is 2. The molecule has 0 aliphatic carbocycles. The first-order valence-corrected chi connectivity index (χ1v) is 4.40. The summed E-state index contributed by atoms with van der Waals surface area (Å²) in [7, 11) is 0. The minimum atomic E-state index is 0.475. The van der Waals surface area contributed by atoms with Crippen molar-refractivity contribution < 1.29 is 4.79 Å². The molecule has 0 unspecified atom stereocenters. The van der Waals surface area contributed by atoms with Gasteiger partial charge in [-0.2, -0.15) is 5.26 Å². The highest BCUT2D eigenvalue weighted by atomic mass is 16.1. The maximum Gasteiger partial charge on any atom is 0.234 e. The minimum Gasteiger partial charge on any atom is -0.211 e. The SMILES string of the molecule is N#Cc1ccccc1CCCN=C=O. The molecule has 1 rings (SSSR count). The molecule has 0 saturated heterocycles. The summed E-state index contributed by atoms with van der Waals surface area (Å²) < 4.78 is 0. The summed E-state index contributed by atoms with van der Waals surface area (Å²) in [4.78, 5) is 13.2. The molecule has 0 aliphatic heterocycles. The summed E-state index contributed by atoms with van der Waals surface area (Å²) in [5.74, 6) is 0. The molecule has 0 bridgehead atoms. The Morgan fingerprint density at radius 3 is 2.86 bits per heavy atom. The molecular formula is C11H10N2O. The number of aryl methyl sites for hydroxylation is 1. The summed E-state index contributed by atoms with van der Waals surface area (Å²) in [6.45, 7) is 0.475. The average molecular weight is 186 g/mol. The van der Waals surface area contributed by atoms with E-state index in [9.17, 15) is 4.79 Å². The van der Waals surface area contributed by atoms with Crippen molar-refractivity contribution in [2.45, 2.75) is 12.8 Å². The molecule has 14 heavy (non-hydrogen) atoms. The highest BCUT2D eigenvalue weighted by molar-refractivity contribution is 5.37. The number of isocyanates is 1. The Morgan fingerprint density at radius 2 is 2.14 bits per heavy atom. The molecule has 1 aromatic carbocycles. The number of aliphatic imine (C=N–C) groups is 1. The van der Waals surface area contributed by atoms with Gasteiger partial charge in [-0.05, 0) is 24.5 Å². The second kappa shape index (κ2) is 5.69. The van der Waals surface area contributed by atoms with Crippen LogP contribution in [0.25, 0.3) is 0 Å². The van der Waals surface area contributed by atoms with Gasteiger partial charge in [0.1, 0.15) is 0 Å². The first kappa shape index (κ1) is 10.2. The van der Waals surface area contributed by atoms with Crippen molar-refractivity contribution in [2.24, 2.45) is 4.99 Å². The van der Waals surface area contributed by atoms with Crippen LogP contribution in [0.3, 0.4) is 0 Å². The number of hydrogen-bond donors (Lipinski definition) is 0. The highest BCUT2D eigenvalue weighted by Crippen LogP contribution is 2.09. The minimum absolute atomic E-state index is 0.475. The van der Waals surface area contributed by atoms with E-state index < -0.39 is 0 Å². The number of hydrogen-bond acceptors (Lipinski definition) is 3. The highest BCUT2D eigenvalue weighted by Gasteiger charge is 1.99. The lowest BCUT2D eigenvalue weighted by atomic mass is 10.0. The standard InChI is InChI=1S/C11H10N2O/c12-8-11-5-2-1-4-10(11)6-3-7-13-9-14/h1-2,4-5H,3,6-7H2. The van der Waals surface area contributed by atoms with Gasteiger partial charge in [-0.1, -0.05) is 18.2 Å². The van der Waals surface area contributed by atoms with E-state index in [1.54, 1.807) is 6.07 Å². The Kier molecular flexibility index (Phi) is 4.13. The van der Waals surface area contributed by atoms with Gasteiger partial charge in [-0.15, -0.1) is 0 Å². The van der Waals surface area contributed by atoms with Crippen LogP contribution in [-0.4, -0.2) is 12.6 Å². The average Bonchev–Trinajstić information content (AvgIpc) is 2.25. The van der Waals surface area contributed by atoms with E-state index in [0.717, 1.165) is 18.4 Å². The van der Waals surface area contributed by atoms with Crippen molar-refractivity contribution in [2.75, 3.05) is 6.54 Å². The van der Waals surface area contributed by atoms with Gasteiger partial charge >= 0.3 is 0 Å². The quantitative estimate of drug-likeness (QED) is 0.409. The molecular weight excluding hydrogens is 176 g/mol. The van der Waals surface area contributed by atoms with Gasteiger partial charge in [0, 0.05) is 0 Å². The van der Waals surface area contributed by atoms with Crippen LogP contribution < -0.4 is 0 Å². The van der Waals surface area contributed by atoms with Gasteiger partial charge in [0.05, 0.1) is 18.2 Å². The van der Waals surface area contributed by atoms with Gasteiger partial charge in [0.25, 0.3) is 0 Å². The van der Waals surface area contributed by atoms with Gasteiger partial charge in [-0.3, -0.25) is 0 Å². The number of benzene rings is 1. The summed E-state index contributed by atoms with van der Waals surface area (Å²) in [5, 5.41) is 8.79. The van der Waals surface area contributed by atoms with Crippen molar-refractivity contribution in [3.05, 3.63) is 35.4 Å². The maximum absolute atomic E-state index is 9.80. The van der Waals surface area contributed by atoms with E-state index in [2.05, 4.69) is 11.1 Å². The van der Waals surface area contributed by atoms with E-state index in [-0.39, 0.29) is 0 Å². The Hall–Kier alpha value is -1.91. The summed E-state index contributed by atoms with van der Waals surface area (Å²) in [6, 6.07) is 9.58. The molecule has 0 fully saturated rings. The van der Waals surface area contributed by atoms with Crippen molar-refractivity contribution in [1.82, 2.24) is 0 Å². The van der Waals surface area contributed by atoms with Crippen LogP contribution >= 0.6 is 0 Å². The molecule has 70 valence electrons. The first-order chi connectivity index (χ1) is 6.88. The summed E-state index contributed by atoms with van der Waals surface area (Å²) >= 11 is 0. The number of rotatable bonds is 4. The van der Waals surface area contributed by atoms with Crippen LogP contribution in [0.4, 0.5) is 0 Å². The lowest BCUT2D eigenvalue weighted by molar-refractivity contribution is 0.562. The maximum atomic E-state index is 9.80. The molecule has 0 saturated carbocycles. The zero-order chi connectivity index (χ0) is 10.2. The van der Waals surface area contributed by atoms with Crippen LogP contribution in [0.5, 0.6) is 0 Å². The zero-order valence-corrected chi connectivity index (χ0v) is 7.73. The van der Waals surface area contributed by atoms with Crippen molar-refractivity contribution in [3.8, 4) is 6.07 Å². The normalized spacial score (nSPS) is 8.79. The van der Waals surface area contributed by atoms with Gasteiger partial charge < -0.3 is 0 Å². The van der Waals surface area contributed by atoms with E-state index in [1.165, 1.54) is 6.08 Å². The Balaban J connectivity index is 2.58. The molecule has 0 amide bonds. The van der Waals surface area contributed by atoms with E-state index in [0.29, 0.717) is 12.1 Å². The second-order valence-electron chi connectivity index (χ2n) is 2.85. The third-order valence-electron chi connectivity index (χ3n) is 1.92. The third-order valence-corrected chi connectivity index (χ3v) is 1.92. The van der Waals surface area contributed by atoms with Crippen molar-refractivity contribution in [1.29, 1.82) is 5.26 Å². The second-order valence-corrected chi connectivity index (χ2v) is 2.85. The fourth-order valence-electron chi connectivity index (χ4n) is 1.24. The fraction of sp³-hybridized carbons (Fsp3) is 0.273.